The number of fused-ring (bicyclic) bond motifs is 2. The van der Waals surface area contributed by atoms with Crippen molar-refractivity contribution in [3.8, 4) is 0 Å². The number of amides is 4. The first-order valence-corrected chi connectivity index (χ1v) is 12.9. The third-order valence-electron chi connectivity index (χ3n) is 8.73. The van der Waals surface area contributed by atoms with Crippen LogP contribution in [-0.4, -0.2) is 64.9 Å². The summed E-state index contributed by atoms with van der Waals surface area (Å²) < 4.78 is 5.45. The van der Waals surface area contributed by atoms with Crippen LogP contribution >= 0.6 is 0 Å². The molecule has 5 aliphatic rings. The van der Waals surface area contributed by atoms with E-state index in [9.17, 15) is 19.2 Å². The summed E-state index contributed by atoms with van der Waals surface area (Å²) in [6.45, 7) is 4.74. The Bertz CT molecular complexity index is 828. The molecule has 0 radical (unpaired) electrons. The molecule has 1 N–H and O–H groups in total. The van der Waals surface area contributed by atoms with E-state index in [1.165, 1.54) is 17.7 Å². The Morgan fingerprint density at radius 1 is 1.06 bits per heavy atom. The maximum absolute atomic E-state index is 13.7. The van der Waals surface area contributed by atoms with Crippen LogP contribution in [0, 0.1) is 23.2 Å². The molecule has 2 saturated heterocycles. The van der Waals surface area contributed by atoms with Gasteiger partial charge in [-0.2, -0.15) is 0 Å². The van der Waals surface area contributed by atoms with Gasteiger partial charge in [-0.1, -0.05) is 33.1 Å². The first kappa shape index (κ1) is 22.7. The molecule has 5 fully saturated rings. The van der Waals surface area contributed by atoms with Crippen molar-refractivity contribution in [2.75, 3.05) is 13.2 Å². The van der Waals surface area contributed by atoms with Crippen LogP contribution in [0.4, 0.5) is 4.79 Å². The van der Waals surface area contributed by atoms with Crippen LogP contribution in [0.5, 0.6) is 0 Å². The molecule has 1 spiro atoms. The first-order valence-electron chi connectivity index (χ1n) is 12.9. The number of carbonyl (C=O) groups excluding carboxylic acids is 4. The number of alkyl carbamates (subject to hydrolysis) is 1. The summed E-state index contributed by atoms with van der Waals surface area (Å²) in [5.74, 6) is 0.0187. The Hall–Kier alpha value is -2.12. The van der Waals surface area contributed by atoms with Crippen molar-refractivity contribution in [1.82, 2.24) is 15.1 Å². The zero-order valence-corrected chi connectivity index (χ0v) is 19.9. The quantitative estimate of drug-likeness (QED) is 0.616. The summed E-state index contributed by atoms with van der Waals surface area (Å²) >= 11 is 0. The van der Waals surface area contributed by atoms with E-state index in [1.54, 1.807) is 0 Å². The zero-order valence-electron chi connectivity index (χ0n) is 19.9. The first-order chi connectivity index (χ1) is 15.8. The van der Waals surface area contributed by atoms with Crippen LogP contribution < -0.4 is 5.32 Å². The van der Waals surface area contributed by atoms with E-state index in [0.717, 1.165) is 44.9 Å². The molecule has 3 atom stereocenters. The SMILES string of the molecule is CC(C)[C@H](NC(=O)OCC1CCCC1)C(=O)N1CC[C@H]2[C@H]1C1(CCC1)C(=O)N2C(=O)C1CC1. The van der Waals surface area contributed by atoms with Crippen LogP contribution in [0.25, 0.3) is 0 Å². The molecule has 33 heavy (non-hydrogen) atoms. The zero-order chi connectivity index (χ0) is 23.3. The molecule has 5 rings (SSSR count). The van der Waals surface area contributed by atoms with E-state index >= 15 is 0 Å². The maximum Gasteiger partial charge on any atom is 0.407 e. The number of nitrogens with one attached hydrogen (secondary N) is 1. The molecule has 8 heteroatoms. The summed E-state index contributed by atoms with van der Waals surface area (Å²) in [7, 11) is 0. The number of hydrogen-bond acceptors (Lipinski definition) is 5. The number of nitrogens with zero attached hydrogens (tertiary/aromatic N) is 2. The molecule has 0 aromatic carbocycles. The van der Waals surface area contributed by atoms with Gasteiger partial charge in [0.2, 0.25) is 17.7 Å². The monoisotopic (exact) mass is 459 g/mol. The van der Waals surface area contributed by atoms with Crippen molar-refractivity contribution in [2.24, 2.45) is 23.2 Å². The molecule has 2 heterocycles. The number of ether oxygens (including phenoxy) is 1. The van der Waals surface area contributed by atoms with Crippen LogP contribution in [0.3, 0.4) is 0 Å². The molecule has 0 unspecified atom stereocenters. The predicted molar refractivity (Wildman–Crippen MR) is 120 cm³/mol. The summed E-state index contributed by atoms with van der Waals surface area (Å²) in [5, 5.41) is 2.82. The maximum atomic E-state index is 13.7. The van der Waals surface area contributed by atoms with Crippen molar-refractivity contribution in [3.63, 3.8) is 0 Å². The average molecular weight is 460 g/mol. The lowest BCUT2D eigenvalue weighted by Crippen LogP contribution is -2.58. The molecule has 0 aromatic rings. The smallest absolute Gasteiger partial charge is 0.407 e. The van der Waals surface area contributed by atoms with Gasteiger partial charge in [0.1, 0.15) is 6.04 Å². The minimum atomic E-state index is -0.708. The minimum Gasteiger partial charge on any atom is -0.449 e. The number of rotatable bonds is 6. The van der Waals surface area contributed by atoms with Gasteiger partial charge in [-0.15, -0.1) is 0 Å². The topological polar surface area (TPSA) is 96.0 Å². The van der Waals surface area contributed by atoms with Crippen LogP contribution in [-0.2, 0) is 19.1 Å². The van der Waals surface area contributed by atoms with Gasteiger partial charge < -0.3 is 15.0 Å². The second-order valence-electron chi connectivity index (χ2n) is 11.2. The summed E-state index contributed by atoms with van der Waals surface area (Å²) in [4.78, 5) is 56.0. The van der Waals surface area contributed by atoms with Crippen molar-refractivity contribution in [3.05, 3.63) is 0 Å². The molecular formula is C25H37N3O5. The summed E-state index contributed by atoms with van der Waals surface area (Å²) in [6, 6.07) is -1.20. The lowest BCUT2D eigenvalue weighted by molar-refractivity contribution is -0.152. The highest BCUT2D eigenvalue weighted by atomic mass is 16.5. The van der Waals surface area contributed by atoms with Crippen LogP contribution in [0.1, 0.15) is 78.1 Å². The normalized spacial score (nSPS) is 29.4. The fourth-order valence-electron chi connectivity index (χ4n) is 6.57. The van der Waals surface area contributed by atoms with Gasteiger partial charge in [0.15, 0.2) is 0 Å². The van der Waals surface area contributed by atoms with E-state index < -0.39 is 17.6 Å². The number of carbonyl (C=O) groups is 4. The predicted octanol–water partition coefficient (Wildman–Crippen LogP) is 2.85. The van der Waals surface area contributed by atoms with E-state index in [1.807, 2.05) is 18.7 Å². The van der Waals surface area contributed by atoms with Gasteiger partial charge in [0, 0.05) is 12.5 Å². The van der Waals surface area contributed by atoms with Crippen molar-refractivity contribution in [1.29, 1.82) is 0 Å². The number of imide groups is 1. The third-order valence-corrected chi connectivity index (χ3v) is 8.73. The number of hydrogen-bond donors (Lipinski definition) is 1. The van der Waals surface area contributed by atoms with Crippen LogP contribution in [0.2, 0.25) is 0 Å². The van der Waals surface area contributed by atoms with Gasteiger partial charge in [0.05, 0.1) is 24.1 Å². The second-order valence-corrected chi connectivity index (χ2v) is 11.2. The lowest BCUT2D eigenvalue weighted by Gasteiger charge is -2.44. The Morgan fingerprint density at radius 3 is 2.33 bits per heavy atom. The fourth-order valence-corrected chi connectivity index (χ4v) is 6.57. The lowest BCUT2D eigenvalue weighted by atomic mass is 9.64. The average Bonchev–Trinajstić information content (AvgIpc) is 3.19. The molecule has 0 bridgehead atoms. The molecule has 4 amide bonds. The van der Waals surface area contributed by atoms with E-state index in [0.29, 0.717) is 25.5 Å². The van der Waals surface area contributed by atoms with Crippen LogP contribution in [0.15, 0.2) is 0 Å². The highest BCUT2D eigenvalue weighted by Crippen LogP contribution is 2.56. The van der Waals surface area contributed by atoms with E-state index in [2.05, 4.69) is 5.32 Å². The highest BCUT2D eigenvalue weighted by molar-refractivity contribution is 6.04. The Labute approximate surface area is 195 Å². The largest absolute Gasteiger partial charge is 0.449 e. The standard InChI is InChI=1S/C25H37N3O5/c1-15(2)19(26-24(32)33-14-16-6-3-4-7-16)22(30)27-13-10-18-20(27)25(11-5-12-25)23(31)28(18)21(29)17-8-9-17/h15-20H,3-14H2,1-2H3,(H,26,32)/t18-,19-,20-/m0/s1. The summed E-state index contributed by atoms with van der Waals surface area (Å²) in [5.41, 5.74) is -0.619. The Balaban J connectivity index is 1.30. The Kier molecular flexibility index (Phi) is 5.90. The minimum absolute atomic E-state index is 0.0192. The van der Waals surface area contributed by atoms with Crippen molar-refractivity contribution in [2.45, 2.75) is 96.2 Å². The third kappa shape index (κ3) is 3.83. The molecular weight excluding hydrogens is 422 g/mol. The van der Waals surface area contributed by atoms with Gasteiger partial charge in [-0.05, 0) is 56.8 Å². The van der Waals surface area contributed by atoms with Crippen molar-refractivity contribution >= 4 is 23.8 Å². The van der Waals surface area contributed by atoms with E-state index in [4.69, 9.17) is 4.74 Å². The van der Waals surface area contributed by atoms with E-state index in [-0.39, 0.29) is 41.6 Å². The van der Waals surface area contributed by atoms with Gasteiger partial charge in [-0.3, -0.25) is 19.3 Å². The molecule has 8 nitrogen and oxygen atoms in total. The molecule has 3 saturated carbocycles. The fraction of sp³-hybridized carbons (Fsp3) is 0.840. The molecule has 0 aromatic heterocycles. The molecule has 182 valence electrons. The van der Waals surface area contributed by atoms with Crippen molar-refractivity contribution < 1.29 is 23.9 Å². The molecule has 2 aliphatic heterocycles. The summed E-state index contributed by atoms with van der Waals surface area (Å²) in [6.07, 6.45) is 8.74. The van der Waals surface area contributed by atoms with Gasteiger partial charge in [-0.25, -0.2) is 4.79 Å². The highest BCUT2D eigenvalue weighted by Gasteiger charge is 2.68. The second kappa shape index (κ2) is 8.58. The number of likely N-dealkylation sites (tertiary alicyclic amines) is 2. The molecule has 3 aliphatic carbocycles. The van der Waals surface area contributed by atoms with Gasteiger partial charge in [0.25, 0.3) is 0 Å². The van der Waals surface area contributed by atoms with Gasteiger partial charge >= 0.3 is 6.09 Å². The Morgan fingerprint density at radius 2 is 1.76 bits per heavy atom.